The highest BCUT2D eigenvalue weighted by molar-refractivity contribution is 6.76. The Bertz CT molecular complexity index is 261. The molecule has 0 saturated heterocycles. The molecule has 12 heavy (non-hydrogen) atoms. The fourth-order valence-corrected chi connectivity index (χ4v) is 1.11. The summed E-state index contributed by atoms with van der Waals surface area (Å²) in [5.74, 6) is 0. The van der Waals surface area contributed by atoms with Crippen LogP contribution >= 0.6 is 69.6 Å². The lowest BCUT2D eigenvalue weighted by Crippen LogP contribution is -1.89. The van der Waals surface area contributed by atoms with Crippen LogP contribution in [0.5, 0.6) is 0 Å². The van der Waals surface area contributed by atoms with Crippen molar-refractivity contribution in [1.29, 1.82) is 0 Å². The van der Waals surface area contributed by atoms with Gasteiger partial charge in [-0.25, -0.2) is 0 Å². The number of carbonyl (C=O) groups excluding carboxylic acids is 1. The van der Waals surface area contributed by atoms with Crippen molar-refractivity contribution in [3.05, 3.63) is 19.6 Å². The first-order valence-corrected chi connectivity index (χ1v) is 4.61. The van der Waals surface area contributed by atoms with Gasteiger partial charge in [-0.05, 0) is 11.6 Å². The molecule has 1 nitrogen and oxygen atoms in total. The van der Waals surface area contributed by atoms with Gasteiger partial charge in [0.1, 0.15) is 9.52 Å². The molecule has 0 rings (SSSR count). The molecule has 0 aliphatic rings. The van der Waals surface area contributed by atoms with Gasteiger partial charge >= 0.3 is 0 Å². The van der Waals surface area contributed by atoms with Crippen LogP contribution in [0.15, 0.2) is 19.6 Å². The average Bonchev–Trinajstić information content (AvgIpc) is 2.00. The highest BCUT2D eigenvalue weighted by atomic mass is 35.5. The Kier molecular flexibility index (Phi) is 6.00. The minimum absolute atomic E-state index is 0.223. The largest absolute Gasteiger partial charge is 0.275 e. The van der Waals surface area contributed by atoms with E-state index in [4.69, 9.17) is 69.6 Å². The van der Waals surface area contributed by atoms with Crippen molar-refractivity contribution in [2.24, 2.45) is 0 Å². The number of hydrogen-bond acceptors (Lipinski definition) is 1. The zero-order valence-electron chi connectivity index (χ0n) is 5.18. The molecule has 0 aliphatic heterocycles. The van der Waals surface area contributed by atoms with Gasteiger partial charge in [0.05, 0.1) is 10.1 Å². The van der Waals surface area contributed by atoms with Gasteiger partial charge in [0, 0.05) is 0 Å². The van der Waals surface area contributed by atoms with Crippen LogP contribution in [-0.4, -0.2) is 5.24 Å². The van der Waals surface area contributed by atoms with E-state index in [0.29, 0.717) is 0 Å². The molecular weight excluding hydrogens is 289 g/mol. The van der Waals surface area contributed by atoms with Crippen molar-refractivity contribution in [2.45, 2.75) is 0 Å². The molecule has 0 bridgehead atoms. The lowest BCUT2D eigenvalue weighted by atomic mass is 10.5. The van der Waals surface area contributed by atoms with Crippen molar-refractivity contribution < 1.29 is 4.79 Å². The number of allylic oxidation sites excluding steroid dienone is 3. The van der Waals surface area contributed by atoms with E-state index < -0.39 is 10.3 Å². The van der Waals surface area contributed by atoms with E-state index in [0.717, 1.165) is 0 Å². The smallest absolute Gasteiger partial charge is 0.265 e. The summed E-state index contributed by atoms with van der Waals surface area (Å²) in [6, 6.07) is 0. The maximum absolute atomic E-state index is 10.4. The first-order chi connectivity index (χ1) is 5.37. The molecule has 0 N–H and O–H groups in total. The normalized spacial score (nSPS) is 12.2. The molecule has 0 aromatic heterocycles. The van der Waals surface area contributed by atoms with Gasteiger partial charge in [0.2, 0.25) is 0 Å². The van der Waals surface area contributed by atoms with Gasteiger partial charge in [0.15, 0.2) is 0 Å². The summed E-state index contributed by atoms with van der Waals surface area (Å²) in [6.45, 7) is 0. The summed E-state index contributed by atoms with van der Waals surface area (Å²) in [6.07, 6.45) is 0. The van der Waals surface area contributed by atoms with Crippen LogP contribution in [-0.2, 0) is 4.79 Å². The highest BCUT2D eigenvalue weighted by Crippen LogP contribution is 2.31. The van der Waals surface area contributed by atoms with Crippen molar-refractivity contribution in [2.75, 3.05) is 0 Å². The molecule has 0 radical (unpaired) electrons. The van der Waals surface area contributed by atoms with Gasteiger partial charge in [0.25, 0.3) is 5.24 Å². The third-order valence-corrected chi connectivity index (χ3v) is 2.89. The molecule has 0 fully saturated rings. The van der Waals surface area contributed by atoms with Gasteiger partial charge in [-0.2, -0.15) is 0 Å². The predicted octanol–water partition coefficient (Wildman–Crippen LogP) is 4.33. The SMILES string of the molecule is O=C(Cl)/C(Cl)=C(\Cl)C(Cl)=C(Cl)Cl. The third-order valence-electron chi connectivity index (χ3n) is 0.724. The molecule has 0 spiro atoms. The second-order valence-electron chi connectivity index (χ2n) is 1.48. The Hall–Kier alpha value is 0.890. The van der Waals surface area contributed by atoms with Crippen LogP contribution in [0.4, 0.5) is 0 Å². The summed E-state index contributed by atoms with van der Waals surface area (Å²) in [5, 5.41) is -1.87. The third kappa shape index (κ3) is 3.73. The number of carbonyl (C=O) groups is 1. The second-order valence-corrected chi connectivity index (χ2v) is 3.90. The van der Waals surface area contributed by atoms with Crippen molar-refractivity contribution in [3.63, 3.8) is 0 Å². The van der Waals surface area contributed by atoms with Gasteiger partial charge in [-0.1, -0.05) is 58.0 Å². The van der Waals surface area contributed by atoms with E-state index in [1.807, 2.05) is 0 Å². The maximum atomic E-state index is 10.4. The minimum Gasteiger partial charge on any atom is -0.275 e. The molecule has 0 amide bonds. The quantitative estimate of drug-likeness (QED) is 0.420. The molecule has 0 atom stereocenters. The van der Waals surface area contributed by atoms with Crippen LogP contribution < -0.4 is 0 Å². The molecule has 0 aromatic rings. The molecule has 0 aliphatic carbocycles. The Morgan fingerprint density at radius 2 is 1.08 bits per heavy atom. The molecule has 0 saturated carbocycles. The monoisotopic (exact) mass is 286 g/mol. The number of halogens is 6. The zero-order valence-corrected chi connectivity index (χ0v) is 9.71. The minimum atomic E-state index is -0.936. The van der Waals surface area contributed by atoms with E-state index in [2.05, 4.69) is 0 Å². The zero-order chi connectivity index (χ0) is 9.89. The van der Waals surface area contributed by atoms with E-state index >= 15 is 0 Å². The summed E-state index contributed by atoms with van der Waals surface area (Å²) < 4.78 is -0.294. The Labute approximate surface area is 98.8 Å². The molecule has 0 heterocycles. The van der Waals surface area contributed by atoms with Crippen molar-refractivity contribution in [3.8, 4) is 0 Å². The van der Waals surface area contributed by atoms with Crippen molar-refractivity contribution in [1.82, 2.24) is 0 Å². The van der Waals surface area contributed by atoms with E-state index in [1.54, 1.807) is 0 Å². The number of hydrogen-bond donors (Lipinski definition) is 0. The molecule has 0 unspecified atom stereocenters. The lowest BCUT2D eigenvalue weighted by molar-refractivity contribution is -0.108. The first kappa shape index (κ1) is 12.9. The van der Waals surface area contributed by atoms with Crippen LogP contribution in [0.1, 0.15) is 0 Å². The van der Waals surface area contributed by atoms with Crippen molar-refractivity contribution >= 4 is 74.8 Å². The molecule has 68 valence electrons. The van der Waals surface area contributed by atoms with Crippen LogP contribution in [0, 0.1) is 0 Å². The summed E-state index contributed by atoms with van der Waals surface area (Å²) in [7, 11) is 0. The lowest BCUT2D eigenvalue weighted by Gasteiger charge is -1.97. The summed E-state index contributed by atoms with van der Waals surface area (Å²) in [4.78, 5) is 10.4. The molecule has 7 heteroatoms. The van der Waals surface area contributed by atoms with Gasteiger partial charge in [-0.15, -0.1) is 0 Å². The van der Waals surface area contributed by atoms with Gasteiger partial charge in [-0.3, -0.25) is 4.79 Å². The average molecular weight is 289 g/mol. The number of rotatable bonds is 2. The topological polar surface area (TPSA) is 17.1 Å². The second kappa shape index (κ2) is 5.58. The predicted molar refractivity (Wildman–Crippen MR) is 54.2 cm³/mol. The fraction of sp³-hybridized carbons (Fsp3) is 0. The summed E-state index contributed by atoms with van der Waals surface area (Å²) >= 11 is 31.7. The molecular formula is C5Cl6O. The summed E-state index contributed by atoms with van der Waals surface area (Å²) in [5.41, 5.74) is 0. The fourth-order valence-electron chi connectivity index (χ4n) is 0.266. The van der Waals surface area contributed by atoms with Crippen LogP contribution in [0.3, 0.4) is 0 Å². The first-order valence-electron chi connectivity index (χ1n) is 2.34. The van der Waals surface area contributed by atoms with E-state index in [9.17, 15) is 4.79 Å². The Morgan fingerprint density at radius 3 is 1.33 bits per heavy atom. The van der Waals surface area contributed by atoms with E-state index in [-0.39, 0.29) is 14.6 Å². The standard InChI is InChI=1S/C5Cl6O/c6-1(2(7)4(9)10)3(8)5(11)12/b3-1+. The van der Waals surface area contributed by atoms with Gasteiger partial charge < -0.3 is 0 Å². The van der Waals surface area contributed by atoms with E-state index in [1.165, 1.54) is 0 Å². The Morgan fingerprint density at radius 1 is 0.667 bits per heavy atom. The molecule has 0 aromatic carbocycles. The maximum Gasteiger partial charge on any atom is 0.265 e. The highest BCUT2D eigenvalue weighted by Gasteiger charge is 2.13. The van der Waals surface area contributed by atoms with Crippen LogP contribution in [0.25, 0.3) is 0 Å². The van der Waals surface area contributed by atoms with Crippen LogP contribution in [0.2, 0.25) is 0 Å². The Balaban J connectivity index is 5.06.